The number of alkyl carbamates (subject to hydrolysis) is 1. The molecule has 7 nitrogen and oxygen atoms in total. The molecule has 1 amide bonds. The molecule has 0 spiro atoms. The Labute approximate surface area is 224 Å². The molecule has 0 radical (unpaired) electrons. The van der Waals surface area contributed by atoms with Crippen molar-refractivity contribution in [3.05, 3.63) is 119 Å². The third kappa shape index (κ3) is 8.00. The van der Waals surface area contributed by atoms with Crippen LogP contribution in [0.4, 0.5) is 4.79 Å². The average molecular weight is 517 g/mol. The third-order valence-electron chi connectivity index (χ3n) is 6.45. The molecule has 0 aliphatic carbocycles. The van der Waals surface area contributed by atoms with Gasteiger partial charge in [-0.3, -0.25) is 4.90 Å². The Morgan fingerprint density at radius 1 is 1.00 bits per heavy atom. The largest absolute Gasteiger partial charge is 0.445 e. The van der Waals surface area contributed by atoms with Gasteiger partial charge in [0.05, 0.1) is 18.8 Å². The predicted octanol–water partition coefficient (Wildman–Crippen LogP) is 5.27. The lowest BCUT2D eigenvalue weighted by atomic mass is 9.99. The number of carbonyl (C=O) groups excluding carboxylic acids is 1. The highest BCUT2D eigenvalue weighted by Gasteiger charge is 2.32. The number of ether oxygens (including phenoxy) is 3. The number of nitrogens with one attached hydrogen (secondary N) is 1. The maximum atomic E-state index is 11.7. The number of carbonyl (C=O) groups is 1. The fraction of sp³-hybridized carbons (Fsp3) is 0.323. The Morgan fingerprint density at radius 2 is 1.68 bits per heavy atom. The molecule has 1 aliphatic heterocycles. The molecule has 3 aromatic rings. The van der Waals surface area contributed by atoms with Gasteiger partial charge in [0.1, 0.15) is 6.61 Å². The molecule has 0 unspecified atom stereocenters. The standard InChI is InChI=1S/C31H36N2O5/c1-3-17-36-31(35)32-19-23-9-15-27(16-10-23)30-37-28(21-33(2)20-24-7-5-4-6-8-24)18-29(38-30)26-13-11-25(22-34)12-14-26/h3-16,28-30,34H,1,17-22H2,2H3,(H,32,35)/t28-,29+,30+/m0/s1. The number of hydrogen-bond donors (Lipinski definition) is 2. The lowest BCUT2D eigenvalue weighted by molar-refractivity contribution is -0.252. The smallest absolute Gasteiger partial charge is 0.407 e. The van der Waals surface area contributed by atoms with Crippen LogP contribution in [0, 0.1) is 0 Å². The minimum absolute atomic E-state index is 0.0115. The maximum Gasteiger partial charge on any atom is 0.407 e. The zero-order valence-electron chi connectivity index (χ0n) is 21.8. The summed E-state index contributed by atoms with van der Waals surface area (Å²) in [6.45, 7) is 5.67. The zero-order chi connectivity index (χ0) is 26.7. The van der Waals surface area contributed by atoms with E-state index in [0.717, 1.165) is 41.8 Å². The van der Waals surface area contributed by atoms with Crippen LogP contribution < -0.4 is 5.32 Å². The number of amides is 1. The van der Waals surface area contributed by atoms with Gasteiger partial charge in [-0.1, -0.05) is 91.5 Å². The molecule has 4 rings (SSSR count). The fourth-order valence-electron chi connectivity index (χ4n) is 4.49. The summed E-state index contributed by atoms with van der Waals surface area (Å²) in [5, 5.41) is 12.2. The first-order valence-electron chi connectivity index (χ1n) is 12.9. The lowest BCUT2D eigenvalue weighted by Gasteiger charge is -2.38. The quantitative estimate of drug-likeness (QED) is 0.338. The molecule has 7 heteroatoms. The first-order chi connectivity index (χ1) is 18.5. The van der Waals surface area contributed by atoms with E-state index >= 15 is 0 Å². The molecule has 2 N–H and O–H groups in total. The van der Waals surface area contributed by atoms with E-state index in [1.54, 1.807) is 0 Å². The van der Waals surface area contributed by atoms with E-state index in [-0.39, 0.29) is 25.4 Å². The van der Waals surface area contributed by atoms with Gasteiger partial charge in [0.25, 0.3) is 0 Å². The summed E-state index contributed by atoms with van der Waals surface area (Å²) in [6.07, 6.45) is 1.07. The van der Waals surface area contributed by atoms with E-state index < -0.39 is 12.4 Å². The van der Waals surface area contributed by atoms with E-state index in [0.29, 0.717) is 6.54 Å². The Kier molecular flexibility index (Phi) is 10.1. The van der Waals surface area contributed by atoms with E-state index in [2.05, 4.69) is 48.1 Å². The molecule has 0 saturated carbocycles. The van der Waals surface area contributed by atoms with E-state index in [4.69, 9.17) is 14.2 Å². The number of rotatable bonds is 11. The van der Waals surface area contributed by atoms with E-state index in [1.165, 1.54) is 11.6 Å². The van der Waals surface area contributed by atoms with E-state index in [1.807, 2.05) is 54.6 Å². The molecule has 3 aromatic carbocycles. The molecular formula is C31H36N2O5. The Balaban J connectivity index is 1.45. The number of hydrogen-bond acceptors (Lipinski definition) is 6. The Morgan fingerprint density at radius 3 is 2.37 bits per heavy atom. The van der Waals surface area contributed by atoms with E-state index in [9.17, 15) is 9.90 Å². The van der Waals surface area contributed by atoms with Gasteiger partial charge in [0.15, 0.2) is 6.29 Å². The summed E-state index contributed by atoms with van der Waals surface area (Å²) in [5.74, 6) is 0. The average Bonchev–Trinajstić information content (AvgIpc) is 2.95. The summed E-state index contributed by atoms with van der Waals surface area (Å²) in [7, 11) is 2.10. The Bertz CT molecular complexity index is 1150. The molecule has 1 aliphatic rings. The normalized spacial score (nSPS) is 19.2. The molecule has 0 bridgehead atoms. The molecule has 200 valence electrons. The van der Waals surface area contributed by atoms with Crippen molar-refractivity contribution in [2.24, 2.45) is 0 Å². The van der Waals surface area contributed by atoms with Crippen LogP contribution in [0.2, 0.25) is 0 Å². The summed E-state index contributed by atoms with van der Waals surface area (Å²) in [4.78, 5) is 14.0. The van der Waals surface area contributed by atoms with Gasteiger partial charge in [-0.05, 0) is 29.3 Å². The second-order valence-electron chi connectivity index (χ2n) is 9.51. The van der Waals surface area contributed by atoms with Crippen molar-refractivity contribution in [2.45, 2.75) is 44.6 Å². The summed E-state index contributed by atoms with van der Waals surface area (Å²) >= 11 is 0. The number of aliphatic hydroxyl groups is 1. The van der Waals surface area contributed by atoms with Gasteiger partial charge in [-0.2, -0.15) is 0 Å². The number of likely N-dealkylation sites (N-methyl/N-ethyl adjacent to an activating group) is 1. The second-order valence-corrected chi connectivity index (χ2v) is 9.51. The molecule has 0 aromatic heterocycles. The summed E-state index contributed by atoms with van der Waals surface area (Å²) < 4.78 is 17.9. The third-order valence-corrected chi connectivity index (χ3v) is 6.45. The molecule has 3 atom stereocenters. The van der Waals surface area contributed by atoms with Crippen LogP contribution in [0.25, 0.3) is 0 Å². The van der Waals surface area contributed by atoms with Crippen molar-refractivity contribution < 1.29 is 24.1 Å². The summed E-state index contributed by atoms with van der Waals surface area (Å²) in [5.41, 5.74) is 5.04. The van der Waals surface area contributed by atoms with Crippen molar-refractivity contribution in [3.8, 4) is 0 Å². The van der Waals surface area contributed by atoms with Crippen LogP contribution >= 0.6 is 0 Å². The fourth-order valence-corrected chi connectivity index (χ4v) is 4.49. The second kappa shape index (κ2) is 13.9. The minimum atomic E-state index is -0.527. The molecular weight excluding hydrogens is 480 g/mol. The minimum Gasteiger partial charge on any atom is -0.445 e. The van der Waals surface area contributed by atoms with Gasteiger partial charge in [0.2, 0.25) is 0 Å². The summed E-state index contributed by atoms with van der Waals surface area (Å²) in [6, 6.07) is 26.1. The van der Waals surface area contributed by atoms with Gasteiger partial charge >= 0.3 is 6.09 Å². The number of aliphatic hydroxyl groups excluding tert-OH is 1. The topological polar surface area (TPSA) is 80.3 Å². The predicted molar refractivity (Wildman–Crippen MR) is 146 cm³/mol. The van der Waals surface area contributed by atoms with Crippen molar-refractivity contribution in [2.75, 3.05) is 20.2 Å². The van der Waals surface area contributed by atoms with Crippen molar-refractivity contribution in [3.63, 3.8) is 0 Å². The maximum absolute atomic E-state index is 11.7. The highest BCUT2D eigenvalue weighted by Crippen LogP contribution is 2.38. The van der Waals surface area contributed by atoms with Crippen molar-refractivity contribution >= 4 is 6.09 Å². The first kappa shape index (κ1) is 27.5. The first-order valence-corrected chi connectivity index (χ1v) is 12.9. The van der Waals surface area contributed by atoms with Gasteiger partial charge in [-0.25, -0.2) is 4.79 Å². The van der Waals surface area contributed by atoms with Crippen molar-refractivity contribution in [1.29, 1.82) is 0 Å². The monoisotopic (exact) mass is 516 g/mol. The van der Waals surface area contributed by atoms with Gasteiger partial charge in [0, 0.05) is 31.6 Å². The van der Waals surface area contributed by atoms with Crippen LogP contribution in [0.3, 0.4) is 0 Å². The van der Waals surface area contributed by atoms with Crippen LogP contribution in [0.5, 0.6) is 0 Å². The lowest BCUT2D eigenvalue weighted by Crippen LogP contribution is -2.37. The number of nitrogens with zero attached hydrogens (tertiary/aromatic N) is 1. The molecule has 38 heavy (non-hydrogen) atoms. The molecule has 1 saturated heterocycles. The van der Waals surface area contributed by atoms with Crippen molar-refractivity contribution in [1.82, 2.24) is 10.2 Å². The highest BCUT2D eigenvalue weighted by molar-refractivity contribution is 5.67. The van der Waals surface area contributed by atoms with Gasteiger partial charge < -0.3 is 24.6 Å². The molecule has 1 heterocycles. The highest BCUT2D eigenvalue weighted by atomic mass is 16.7. The van der Waals surface area contributed by atoms with Gasteiger partial charge in [-0.15, -0.1) is 0 Å². The van der Waals surface area contributed by atoms with Crippen LogP contribution in [0.1, 0.15) is 46.6 Å². The SMILES string of the molecule is C=CCOC(=O)NCc1ccc([C@@H]2O[C@H](CN(C)Cc3ccccc3)C[C@H](c3ccc(CO)cc3)O2)cc1. The zero-order valence-corrected chi connectivity index (χ0v) is 21.8. The van der Waals surface area contributed by atoms with Crippen LogP contribution in [-0.4, -0.2) is 42.4 Å². The Hall–Kier alpha value is -3.49. The van der Waals surface area contributed by atoms with Crippen LogP contribution in [0.15, 0.2) is 91.5 Å². The van der Waals surface area contributed by atoms with Crippen LogP contribution in [-0.2, 0) is 33.9 Å². The number of benzene rings is 3. The molecule has 1 fully saturated rings.